The molecule has 23 heavy (non-hydrogen) atoms. The van der Waals surface area contributed by atoms with E-state index in [-0.39, 0.29) is 0 Å². The summed E-state index contributed by atoms with van der Waals surface area (Å²) >= 11 is 6.18. The molecule has 0 radical (unpaired) electrons. The summed E-state index contributed by atoms with van der Waals surface area (Å²) in [6.45, 7) is 4.07. The Morgan fingerprint density at radius 1 is 1.09 bits per heavy atom. The highest BCUT2D eigenvalue weighted by atomic mass is 35.5. The largest absolute Gasteiger partial charge is 0.490 e. The Morgan fingerprint density at radius 2 is 1.96 bits per heavy atom. The van der Waals surface area contributed by atoms with Crippen LogP contribution in [-0.2, 0) is 0 Å². The highest BCUT2D eigenvalue weighted by molar-refractivity contribution is 6.34. The van der Waals surface area contributed by atoms with E-state index in [1.54, 1.807) is 0 Å². The molecular weight excluding hydrogens is 310 g/mol. The van der Waals surface area contributed by atoms with Crippen LogP contribution in [-0.4, -0.2) is 40.5 Å². The molecule has 3 heterocycles. The second-order valence-electron chi connectivity index (χ2n) is 6.05. The first kappa shape index (κ1) is 14.8. The number of para-hydroxylation sites is 1. The SMILES string of the molecule is Clc1ccn2c1cnc1c(OCCN3CCCCC3)cccc12. The van der Waals surface area contributed by atoms with Crippen molar-refractivity contribution in [2.75, 3.05) is 26.2 Å². The van der Waals surface area contributed by atoms with Crippen molar-refractivity contribution in [3.63, 3.8) is 0 Å². The van der Waals surface area contributed by atoms with Crippen molar-refractivity contribution in [2.24, 2.45) is 0 Å². The van der Waals surface area contributed by atoms with Gasteiger partial charge in [0.15, 0.2) is 0 Å². The zero-order valence-electron chi connectivity index (χ0n) is 13.0. The van der Waals surface area contributed by atoms with E-state index in [1.807, 2.05) is 36.7 Å². The van der Waals surface area contributed by atoms with Gasteiger partial charge in [0.25, 0.3) is 0 Å². The van der Waals surface area contributed by atoms with E-state index < -0.39 is 0 Å². The van der Waals surface area contributed by atoms with Crippen LogP contribution in [0.1, 0.15) is 19.3 Å². The van der Waals surface area contributed by atoms with Gasteiger partial charge in [-0.15, -0.1) is 0 Å². The Morgan fingerprint density at radius 3 is 2.83 bits per heavy atom. The standard InChI is InChI=1S/C18H20ClN3O/c19-14-7-10-22-15-5-4-6-17(18(15)20-13-16(14)22)23-12-11-21-8-2-1-3-9-21/h4-7,10,13H,1-3,8-9,11-12H2. The third kappa shape index (κ3) is 2.89. The van der Waals surface area contributed by atoms with E-state index in [0.29, 0.717) is 6.61 Å². The molecule has 1 aromatic carbocycles. The van der Waals surface area contributed by atoms with Gasteiger partial charge in [-0.1, -0.05) is 24.1 Å². The normalized spacial score (nSPS) is 16.2. The van der Waals surface area contributed by atoms with E-state index in [0.717, 1.165) is 33.9 Å². The summed E-state index contributed by atoms with van der Waals surface area (Å²) in [7, 11) is 0. The number of likely N-dealkylation sites (tertiary alicyclic amines) is 1. The Kier molecular flexibility index (Phi) is 4.10. The molecule has 4 nitrogen and oxygen atoms in total. The van der Waals surface area contributed by atoms with Gasteiger partial charge < -0.3 is 9.14 Å². The minimum Gasteiger partial charge on any atom is -0.490 e. The van der Waals surface area contributed by atoms with E-state index in [1.165, 1.54) is 32.4 Å². The van der Waals surface area contributed by atoms with Gasteiger partial charge in [-0.3, -0.25) is 4.90 Å². The summed E-state index contributed by atoms with van der Waals surface area (Å²) in [5, 5.41) is 0.718. The lowest BCUT2D eigenvalue weighted by molar-refractivity contribution is 0.184. The van der Waals surface area contributed by atoms with Crippen molar-refractivity contribution in [3.05, 3.63) is 41.7 Å². The monoisotopic (exact) mass is 329 g/mol. The van der Waals surface area contributed by atoms with Gasteiger partial charge in [-0.2, -0.15) is 0 Å². The summed E-state index contributed by atoms with van der Waals surface area (Å²) in [6, 6.07) is 7.93. The number of benzene rings is 1. The lowest BCUT2D eigenvalue weighted by Crippen LogP contribution is -2.33. The second kappa shape index (κ2) is 6.38. The maximum absolute atomic E-state index is 6.18. The predicted molar refractivity (Wildman–Crippen MR) is 93.5 cm³/mol. The van der Waals surface area contributed by atoms with Crippen LogP contribution in [0.3, 0.4) is 0 Å². The minimum atomic E-state index is 0.700. The molecule has 0 amide bonds. The van der Waals surface area contributed by atoms with Crippen LogP contribution in [0.25, 0.3) is 16.6 Å². The van der Waals surface area contributed by atoms with Crippen molar-refractivity contribution in [1.29, 1.82) is 0 Å². The molecule has 0 aliphatic carbocycles. The Hall–Kier alpha value is -1.78. The average Bonchev–Trinajstić information content (AvgIpc) is 2.98. The molecule has 1 fully saturated rings. The van der Waals surface area contributed by atoms with Crippen LogP contribution in [0.4, 0.5) is 0 Å². The van der Waals surface area contributed by atoms with Gasteiger partial charge in [0, 0.05) is 12.7 Å². The summed E-state index contributed by atoms with van der Waals surface area (Å²) in [6.07, 6.45) is 7.76. The van der Waals surface area contributed by atoms with Gasteiger partial charge >= 0.3 is 0 Å². The predicted octanol–water partition coefficient (Wildman–Crippen LogP) is 4.01. The van der Waals surface area contributed by atoms with E-state index >= 15 is 0 Å². The number of nitrogens with zero attached hydrogens (tertiary/aromatic N) is 3. The van der Waals surface area contributed by atoms with E-state index in [2.05, 4.69) is 14.3 Å². The molecule has 1 saturated heterocycles. The van der Waals surface area contributed by atoms with Crippen LogP contribution in [0, 0.1) is 0 Å². The number of ether oxygens (including phenoxy) is 1. The highest BCUT2D eigenvalue weighted by Gasteiger charge is 2.11. The third-order valence-electron chi connectivity index (χ3n) is 4.54. The molecule has 0 N–H and O–H groups in total. The fraction of sp³-hybridized carbons (Fsp3) is 0.389. The minimum absolute atomic E-state index is 0.700. The highest BCUT2D eigenvalue weighted by Crippen LogP contribution is 2.27. The lowest BCUT2D eigenvalue weighted by Gasteiger charge is -2.26. The molecule has 3 aromatic rings. The molecule has 120 valence electrons. The summed E-state index contributed by atoms with van der Waals surface area (Å²) < 4.78 is 8.08. The summed E-state index contributed by atoms with van der Waals surface area (Å²) in [5.41, 5.74) is 2.82. The van der Waals surface area contributed by atoms with Crippen molar-refractivity contribution in [1.82, 2.24) is 14.3 Å². The van der Waals surface area contributed by atoms with Gasteiger partial charge in [0.2, 0.25) is 0 Å². The first-order valence-corrected chi connectivity index (χ1v) is 8.60. The summed E-state index contributed by atoms with van der Waals surface area (Å²) in [4.78, 5) is 7.04. The van der Waals surface area contributed by atoms with E-state index in [9.17, 15) is 0 Å². The van der Waals surface area contributed by atoms with Gasteiger partial charge in [-0.05, 0) is 44.1 Å². The molecule has 4 rings (SSSR count). The van der Waals surface area contributed by atoms with Crippen LogP contribution in [0.5, 0.6) is 5.75 Å². The Bertz CT molecular complexity index is 824. The molecule has 1 aliphatic heterocycles. The summed E-state index contributed by atoms with van der Waals surface area (Å²) in [5.74, 6) is 0.839. The smallest absolute Gasteiger partial charge is 0.147 e. The van der Waals surface area contributed by atoms with Crippen molar-refractivity contribution in [2.45, 2.75) is 19.3 Å². The zero-order valence-corrected chi connectivity index (χ0v) is 13.8. The lowest BCUT2D eigenvalue weighted by atomic mass is 10.1. The molecular formula is C18H20ClN3O. The fourth-order valence-electron chi connectivity index (χ4n) is 3.30. The maximum atomic E-state index is 6.18. The number of fused-ring (bicyclic) bond motifs is 3. The number of hydrogen-bond donors (Lipinski definition) is 0. The van der Waals surface area contributed by atoms with Gasteiger partial charge in [-0.25, -0.2) is 4.98 Å². The molecule has 0 unspecified atom stereocenters. The van der Waals surface area contributed by atoms with Gasteiger partial charge in [0.1, 0.15) is 17.9 Å². The molecule has 0 saturated carbocycles. The Labute approximate surface area is 140 Å². The average molecular weight is 330 g/mol. The van der Waals surface area contributed by atoms with Crippen molar-refractivity contribution >= 4 is 28.2 Å². The zero-order chi connectivity index (χ0) is 15.6. The number of rotatable bonds is 4. The Balaban J connectivity index is 1.56. The first-order valence-electron chi connectivity index (χ1n) is 8.22. The molecule has 0 bridgehead atoms. The van der Waals surface area contributed by atoms with Gasteiger partial charge in [0.05, 0.1) is 22.3 Å². The number of piperidine rings is 1. The molecule has 1 aliphatic rings. The van der Waals surface area contributed by atoms with Crippen molar-refractivity contribution < 1.29 is 4.74 Å². The molecule has 5 heteroatoms. The second-order valence-corrected chi connectivity index (χ2v) is 6.46. The van der Waals surface area contributed by atoms with E-state index in [4.69, 9.17) is 16.3 Å². The number of aromatic nitrogens is 2. The maximum Gasteiger partial charge on any atom is 0.147 e. The van der Waals surface area contributed by atoms with Crippen LogP contribution in [0.15, 0.2) is 36.7 Å². The number of halogens is 1. The topological polar surface area (TPSA) is 29.8 Å². The first-order chi connectivity index (χ1) is 11.3. The van der Waals surface area contributed by atoms with Crippen LogP contribution >= 0.6 is 11.6 Å². The number of hydrogen-bond acceptors (Lipinski definition) is 3. The molecule has 2 aromatic heterocycles. The molecule has 0 spiro atoms. The van der Waals surface area contributed by atoms with Crippen LogP contribution in [0.2, 0.25) is 5.02 Å². The third-order valence-corrected chi connectivity index (χ3v) is 4.86. The fourth-order valence-corrected chi connectivity index (χ4v) is 3.50. The van der Waals surface area contributed by atoms with Crippen molar-refractivity contribution in [3.8, 4) is 5.75 Å². The quantitative estimate of drug-likeness (QED) is 0.724. The molecule has 0 atom stereocenters. The van der Waals surface area contributed by atoms with Crippen LogP contribution < -0.4 is 4.74 Å².